The number of rotatable bonds is 6. The van der Waals surface area contributed by atoms with Crippen LogP contribution in [0.15, 0.2) is 0 Å². The van der Waals surface area contributed by atoms with Gasteiger partial charge in [0, 0.05) is 12.3 Å². The Balaban J connectivity index is 1.55. The Hall–Kier alpha value is -0.520. The summed E-state index contributed by atoms with van der Waals surface area (Å²) in [5, 5.41) is 32.4. The molecule has 0 spiro atoms. The standard InChI is InChI=1S/C29H49FO4/c1-7-17(15(2)3)27(34)26(33)16(4)19-8-9-20-18-12-24(31)22-13-25(32)23(30)14-29(22,6)21(18)10-11-28(19,20)5/h15-23,25-27,32-34H,7-14H2,1-6H3/t16-,17-,18-,19+,20-,21-,22+,23+,25+,26-,27-,28+,29+/m0/s1. The van der Waals surface area contributed by atoms with E-state index >= 15 is 0 Å². The molecule has 0 amide bonds. The molecular weight excluding hydrogens is 431 g/mol. The SMILES string of the molecule is CC[C@@H](C(C)C)[C@H](O)[C@@H](O)[C@@H](C)[C@H]1CC[C@H]2[C@@H]3CC(=O)[C@H]4C[C@@H](O)[C@H](F)C[C@]4(C)[C@H]3CC[C@]12C. The lowest BCUT2D eigenvalue weighted by atomic mass is 9.44. The van der Waals surface area contributed by atoms with Crippen LogP contribution in [0, 0.1) is 58.2 Å². The molecule has 13 atom stereocenters. The lowest BCUT2D eigenvalue weighted by Gasteiger charge is -2.60. The van der Waals surface area contributed by atoms with E-state index in [-0.39, 0.29) is 46.7 Å². The van der Waals surface area contributed by atoms with E-state index < -0.39 is 24.5 Å². The number of halogens is 1. The van der Waals surface area contributed by atoms with Crippen LogP contribution in [0.4, 0.5) is 4.39 Å². The van der Waals surface area contributed by atoms with Crippen molar-refractivity contribution in [1.82, 2.24) is 0 Å². The molecule has 4 nitrogen and oxygen atoms in total. The van der Waals surface area contributed by atoms with E-state index in [2.05, 4.69) is 41.5 Å². The summed E-state index contributed by atoms with van der Waals surface area (Å²) >= 11 is 0. The molecule has 4 aliphatic carbocycles. The Bertz CT molecular complexity index is 756. The lowest BCUT2D eigenvalue weighted by molar-refractivity contribution is -0.169. The summed E-state index contributed by atoms with van der Waals surface area (Å²) in [6.45, 7) is 12.9. The number of fused-ring (bicyclic) bond motifs is 5. The molecule has 0 bridgehead atoms. The van der Waals surface area contributed by atoms with Crippen LogP contribution >= 0.6 is 0 Å². The van der Waals surface area contributed by atoms with Gasteiger partial charge in [0.2, 0.25) is 0 Å². The Kier molecular flexibility index (Phi) is 7.35. The van der Waals surface area contributed by atoms with Gasteiger partial charge in [-0.3, -0.25) is 4.79 Å². The molecule has 0 aromatic carbocycles. The van der Waals surface area contributed by atoms with Gasteiger partial charge in [-0.1, -0.05) is 48.0 Å². The molecule has 5 heteroatoms. The van der Waals surface area contributed by atoms with Crippen molar-refractivity contribution >= 4 is 5.78 Å². The maximum absolute atomic E-state index is 14.7. The predicted octanol–water partition coefficient (Wildman–Crippen LogP) is 5.17. The molecule has 0 aromatic heterocycles. The molecule has 34 heavy (non-hydrogen) atoms. The van der Waals surface area contributed by atoms with Crippen molar-refractivity contribution in [3.8, 4) is 0 Å². The van der Waals surface area contributed by atoms with Gasteiger partial charge < -0.3 is 15.3 Å². The molecule has 0 unspecified atom stereocenters. The van der Waals surface area contributed by atoms with Crippen molar-refractivity contribution in [2.24, 2.45) is 58.2 Å². The summed E-state index contributed by atoms with van der Waals surface area (Å²) < 4.78 is 14.7. The third-order valence-corrected chi connectivity index (χ3v) is 11.8. The maximum Gasteiger partial charge on any atom is 0.136 e. The van der Waals surface area contributed by atoms with Crippen LogP contribution in [-0.4, -0.2) is 45.6 Å². The van der Waals surface area contributed by atoms with E-state index in [1.807, 2.05) is 0 Å². The van der Waals surface area contributed by atoms with Gasteiger partial charge in [-0.2, -0.15) is 0 Å². The van der Waals surface area contributed by atoms with Crippen LogP contribution in [0.25, 0.3) is 0 Å². The van der Waals surface area contributed by atoms with E-state index in [4.69, 9.17) is 0 Å². The summed E-state index contributed by atoms with van der Waals surface area (Å²) in [6.07, 6.45) is 2.39. The number of carbonyl (C=O) groups excluding carboxylic acids is 1. The fraction of sp³-hybridized carbons (Fsp3) is 0.966. The Morgan fingerprint density at radius 1 is 1.03 bits per heavy atom. The van der Waals surface area contributed by atoms with Crippen LogP contribution in [0.1, 0.15) is 92.9 Å². The van der Waals surface area contributed by atoms with Crippen molar-refractivity contribution in [3.05, 3.63) is 0 Å². The molecule has 4 aliphatic rings. The van der Waals surface area contributed by atoms with Crippen LogP contribution < -0.4 is 0 Å². The monoisotopic (exact) mass is 480 g/mol. The van der Waals surface area contributed by atoms with E-state index in [0.717, 1.165) is 32.1 Å². The number of alkyl halides is 1. The van der Waals surface area contributed by atoms with Gasteiger partial charge in [0.15, 0.2) is 0 Å². The van der Waals surface area contributed by atoms with Crippen molar-refractivity contribution in [3.63, 3.8) is 0 Å². The average molecular weight is 481 g/mol. The summed E-state index contributed by atoms with van der Waals surface area (Å²) in [6, 6.07) is 0. The average Bonchev–Trinajstić information content (AvgIpc) is 3.12. The minimum absolute atomic E-state index is 0.00275. The maximum atomic E-state index is 14.7. The zero-order chi connectivity index (χ0) is 25.2. The number of aliphatic hydroxyl groups is 3. The van der Waals surface area contributed by atoms with E-state index in [9.17, 15) is 24.5 Å². The highest BCUT2D eigenvalue weighted by Gasteiger charge is 2.64. The number of hydrogen-bond donors (Lipinski definition) is 3. The van der Waals surface area contributed by atoms with Crippen LogP contribution in [0.5, 0.6) is 0 Å². The highest BCUT2D eigenvalue weighted by atomic mass is 19.1. The van der Waals surface area contributed by atoms with Gasteiger partial charge >= 0.3 is 0 Å². The lowest BCUT2D eigenvalue weighted by Crippen LogP contribution is -2.59. The Morgan fingerprint density at radius 2 is 1.68 bits per heavy atom. The van der Waals surface area contributed by atoms with Gasteiger partial charge in [-0.25, -0.2) is 4.39 Å². The highest BCUT2D eigenvalue weighted by molar-refractivity contribution is 5.83. The summed E-state index contributed by atoms with van der Waals surface area (Å²) in [5.74, 6) is 1.74. The van der Waals surface area contributed by atoms with Crippen LogP contribution in [-0.2, 0) is 4.79 Å². The molecular formula is C29H49FO4. The molecule has 4 fully saturated rings. The second kappa shape index (κ2) is 9.41. The van der Waals surface area contributed by atoms with E-state index in [0.29, 0.717) is 36.5 Å². The largest absolute Gasteiger partial charge is 0.390 e. The Labute approximate surface area is 206 Å². The summed E-state index contributed by atoms with van der Waals surface area (Å²) in [5.41, 5.74) is -0.321. The zero-order valence-corrected chi connectivity index (χ0v) is 22.2. The molecule has 4 rings (SSSR count). The van der Waals surface area contributed by atoms with Crippen LogP contribution in [0.2, 0.25) is 0 Å². The predicted molar refractivity (Wildman–Crippen MR) is 132 cm³/mol. The molecule has 0 aliphatic heterocycles. The fourth-order valence-electron chi connectivity index (χ4n) is 9.85. The van der Waals surface area contributed by atoms with Gasteiger partial charge in [0.1, 0.15) is 12.0 Å². The molecule has 0 saturated heterocycles. The first-order chi connectivity index (χ1) is 15.9. The first kappa shape index (κ1) is 26.5. The van der Waals surface area contributed by atoms with E-state index in [1.54, 1.807) is 0 Å². The number of carbonyl (C=O) groups is 1. The number of aliphatic hydroxyl groups excluding tert-OH is 3. The van der Waals surface area contributed by atoms with Crippen molar-refractivity contribution in [1.29, 1.82) is 0 Å². The van der Waals surface area contributed by atoms with Gasteiger partial charge in [-0.15, -0.1) is 0 Å². The summed E-state index contributed by atoms with van der Waals surface area (Å²) in [4.78, 5) is 13.3. The molecule has 0 aromatic rings. The zero-order valence-electron chi connectivity index (χ0n) is 22.2. The number of ketones is 1. The quantitative estimate of drug-likeness (QED) is 0.490. The number of Topliss-reactive ketones (excluding diaryl/α,β-unsaturated/α-hetero) is 1. The minimum Gasteiger partial charge on any atom is -0.390 e. The first-order valence-electron chi connectivity index (χ1n) is 14.1. The summed E-state index contributed by atoms with van der Waals surface area (Å²) in [7, 11) is 0. The molecule has 0 radical (unpaired) electrons. The topological polar surface area (TPSA) is 77.8 Å². The third kappa shape index (κ3) is 4.00. The molecule has 3 N–H and O–H groups in total. The molecule has 196 valence electrons. The molecule has 0 heterocycles. The van der Waals surface area contributed by atoms with Gasteiger partial charge in [-0.05, 0) is 90.8 Å². The van der Waals surface area contributed by atoms with Crippen LogP contribution in [0.3, 0.4) is 0 Å². The highest BCUT2D eigenvalue weighted by Crippen LogP contribution is 2.68. The van der Waals surface area contributed by atoms with Gasteiger partial charge in [0.05, 0.1) is 18.3 Å². The van der Waals surface area contributed by atoms with Crippen molar-refractivity contribution in [2.45, 2.75) is 117 Å². The molecule has 4 saturated carbocycles. The van der Waals surface area contributed by atoms with Gasteiger partial charge in [0.25, 0.3) is 0 Å². The number of hydrogen-bond acceptors (Lipinski definition) is 4. The smallest absolute Gasteiger partial charge is 0.136 e. The third-order valence-electron chi connectivity index (χ3n) is 11.8. The Morgan fingerprint density at radius 3 is 2.29 bits per heavy atom. The van der Waals surface area contributed by atoms with Crippen molar-refractivity contribution < 1.29 is 24.5 Å². The minimum atomic E-state index is -1.23. The first-order valence-corrected chi connectivity index (χ1v) is 14.1. The van der Waals surface area contributed by atoms with Crippen molar-refractivity contribution in [2.75, 3.05) is 0 Å². The van der Waals surface area contributed by atoms with E-state index in [1.165, 1.54) is 0 Å². The normalized spacial score (nSPS) is 48.0. The second-order valence-corrected chi connectivity index (χ2v) is 13.5. The fourth-order valence-corrected chi connectivity index (χ4v) is 9.85. The second-order valence-electron chi connectivity index (χ2n) is 13.5.